The van der Waals surface area contributed by atoms with Gasteiger partial charge in [-0.3, -0.25) is 0 Å². The summed E-state index contributed by atoms with van der Waals surface area (Å²) in [4.78, 5) is 0. The van der Waals surface area contributed by atoms with Crippen molar-refractivity contribution in [3.63, 3.8) is 0 Å². The Morgan fingerprint density at radius 3 is 2.79 bits per heavy atom. The van der Waals surface area contributed by atoms with Crippen molar-refractivity contribution in [2.45, 2.75) is 44.6 Å². The minimum absolute atomic E-state index is 0.565. The second kappa shape index (κ2) is 6.97. The number of aliphatic hydroxyl groups is 1. The molecule has 0 saturated heterocycles. The van der Waals surface area contributed by atoms with Gasteiger partial charge in [0.2, 0.25) is 0 Å². The molecule has 0 amide bonds. The topological polar surface area (TPSA) is 29.5 Å². The third kappa shape index (κ3) is 3.52. The summed E-state index contributed by atoms with van der Waals surface area (Å²) in [6, 6.07) is 5.48. The predicted molar refractivity (Wildman–Crippen MR) is 78.7 cm³/mol. The van der Waals surface area contributed by atoms with E-state index in [0.29, 0.717) is 16.3 Å². The van der Waals surface area contributed by atoms with Crippen LogP contribution in [0.5, 0.6) is 5.75 Å². The maximum Gasteiger partial charge on any atom is 0.126 e. The summed E-state index contributed by atoms with van der Waals surface area (Å²) in [5, 5.41) is 11.2. The maximum atomic E-state index is 10.6. The molecule has 0 spiro atoms. The number of hydrogen-bond acceptors (Lipinski definition) is 2. The van der Waals surface area contributed by atoms with Crippen LogP contribution in [-0.2, 0) is 0 Å². The highest BCUT2D eigenvalue weighted by Gasteiger charge is 2.20. The highest BCUT2D eigenvalue weighted by molar-refractivity contribution is 6.31. The second-order valence-corrected chi connectivity index (χ2v) is 5.40. The minimum atomic E-state index is -0.651. The van der Waals surface area contributed by atoms with E-state index in [0.717, 1.165) is 24.8 Å². The van der Waals surface area contributed by atoms with E-state index < -0.39 is 6.10 Å². The molecule has 1 atom stereocenters. The Balaban J connectivity index is 2.29. The van der Waals surface area contributed by atoms with Crippen LogP contribution < -0.4 is 4.74 Å². The highest BCUT2D eigenvalue weighted by Crippen LogP contribution is 2.37. The molecular formula is C16H21ClO2. The van der Waals surface area contributed by atoms with Crippen LogP contribution in [0.2, 0.25) is 5.02 Å². The molecule has 2 rings (SSSR count). The van der Waals surface area contributed by atoms with Crippen molar-refractivity contribution in [1.29, 1.82) is 0 Å². The Labute approximate surface area is 120 Å². The van der Waals surface area contributed by atoms with Gasteiger partial charge in [0.15, 0.2) is 0 Å². The fourth-order valence-electron chi connectivity index (χ4n) is 2.61. The van der Waals surface area contributed by atoms with Gasteiger partial charge in [-0.25, -0.2) is 0 Å². The summed E-state index contributed by atoms with van der Waals surface area (Å²) in [7, 11) is 1.61. The van der Waals surface area contributed by atoms with E-state index in [4.69, 9.17) is 16.3 Å². The summed E-state index contributed by atoms with van der Waals surface area (Å²) < 4.78 is 5.32. The van der Waals surface area contributed by atoms with E-state index in [1.807, 2.05) is 12.1 Å². The fourth-order valence-corrected chi connectivity index (χ4v) is 2.88. The molecule has 1 unspecified atom stereocenters. The largest absolute Gasteiger partial charge is 0.496 e. The smallest absolute Gasteiger partial charge is 0.126 e. The summed E-state index contributed by atoms with van der Waals surface area (Å²) in [6.07, 6.45) is 8.37. The van der Waals surface area contributed by atoms with E-state index in [9.17, 15) is 5.11 Å². The highest BCUT2D eigenvalue weighted by atomic mass is 35.5. The maximum absolute atomic E-state index is 10.6. The summed E-state index contributed by atoms with van der Waals surface area (Å²) in [6.45, 7) is 0. The van der Waals surface area contributed by atoms with Crippen molar-refractivity contribution in [2.75, 3.05) is 7.11 Å². The molecule has 0 aliphatic heterocycles. The first-order valence-electron chi connectivity index (χ1n) is 6.93. The predicted octanol–water partition coefficient (Wildman–Crippen LogP) is 4.66. The monoisotopic (exact) mass is 280 g/mol. The number of methoxy groups -OCH3 is 1. The van der Waals surface area contributed by atoms with Crippen molar-refractivity contribution in [3.05, 3.63) is 40.4 Å². The van der Waals surface area contributed by atoms with Gasteiger partial charge in [0, 0.05) is 5.56 Å². The molecule has 0 radical (unpaired) electrons. The van der Waals surface area contributed by atoms with Crippen molar-refractivity contribution in [2.24, 2.45) is 0 Å². The van der Waals surface area contributed by atoms with E-state index in [1.54, 1.807) is 13.2 Å². The molecule has 104 valence electrons. The zero-order chi connectivity index (χ0) is 13.7. The van der Waals surface area contributed by atoms with Crippen LogP contribution in [0.15, 0.2) is 29.8 Å². The number of halogens is 1. The van der Waals surface area contributed by atoms with Gasteiger partial charge in [0.25, 0.3) is 0 Å². The van der Waals surface area contributed by atoms with Gasteiger partial charge >= 0.3 is 0 Å². The van der Waals surface area contributed by atoms with Crippen LogP contribution in [0.4, 0.5) is 0 Å². The number of allylic oxidation sites excluding steroid dienone is 1. The molecule has 1 aliphatic rings. The Kier molecular flexibility index (Phi) is 5.29. The fraction of sp³-hybridized carbons (Fsp3) is 0.500. The van der Waals surface area contributed by atoms with Crippen molar-refractivity contribution in [3.8, 4) is 5.75 Å². The Bertz CT molecular complexity index is 454. The molecular weight excluding hydrogens is 260 g/mol. The van der Waals surface area contributed by atoms with E-state index in [2.05, 4.69) is 6.08 Å². The number of rotatable bonds is 3. The number of ether oxygens (including phenoxy) is 1. The third-order valence-electron chi connectivity index (χ3n) is 3.68. The molecule has 3 heteroatoms. The van der Waals surface area contributed by atoms with Crippen LogP contribution in [0.3, 0.4) is 0 Å². The standard InChI is InChI=1S/C16H21ClO2/c1-19-14-11-7-10-13(17)15(14)16(18)12-8-5-3-2-4-6-9-12/h7-8,10-11,16,18H,2-6,9H2,1H3/b12-8+. The van der Waals surface area contributed by atoms with E-state index in [1.165, 1.54) is 19.3 Å². The van der Waals surface area contributed by atoms with Gasteiger partial charge < -0.3 is 9.84 Å². The second-order valence-electron chi connectivity index (χ2n) is 4.99. The Morgan fingerprint density at radius 2 is 2.00 bits per heavy atom. The van der Waals surface area contributed by atoms with Gasteiger partial charge in [-0.2, -0.15) is 0 Å². The lowest BCUT2D eigenvalue weighted by atomic mass is 9.92. The van der Waals surface area contributed by atoms with Crippen LogP contribution in [-0.4, -0.2) is 12.2 Å². The quantitative estimate of drug-likeness (QED) is 0.816. The van der Waals surface area contributed by atoms with Gasteiger partial charge in [-0.1, -0.05) is 36.6 Å². The lowest BCUT2D eigenvalue weighted by molar-refractivity contribution is 0.204. The number of benzene rings is 1. The van der Waals surface area contributed by atoms with Gasteiger partial charge in [0.05, 0.1) is 12.1 Å². The number of hydrogen-bond donors (Lipinski definition) is 1. The lowest BCUT2D eigenvalue weighted by Crippen LogP contribution is -2.06. The van der Waals surface area contributed by atoms with Gasteiger partial charge in [-0.05, 0) is 43.4 Å². The molecule has 1 N–H and O–H groups in total. The molecule has 0 fully saturated rings. The molecule has 1 aliphatic carbocycles. The zero-order valence-electron chi connectivity index (χ0n) is 11.4. The first kappa shape index (κ1) is 14.4. The Morgan fingerprint density at radius 1 is 1.21 bits per heavy atom. The average molecular weight is 281 g/mol. The van der Waals surface area contributed by atoms with Crippen molar-refractivity contribution < 1.29 is 9.84 Å². The van der Waals surface area contributed by atoms with Crippen molar-refractivity contribution in [1.82, 2.24) is 0 Å². The normalized spacial score (nSPS) is 20.9. The Hall–Kier alpha value is -0.990. The number of aliphatic hydroxyl groups excluding tert-OH is 1. The third-order valence-corrected chi connectivity index (χ3v) is 4.01. The van der Waals surface area contributed by atoms with Crippen LogP contribution in [0.25, 0.3) is 0 Å². The van der Waals surface area contributed by atoms with Crippen LogP contribution >= 0.6 is 11.6 Å². The molecule has 2 nitrogen and oxygen atoms in total. The average Bonchev–Trinajstić information content (AvgIpc) is 2.37. The zero-order valence-corrected chi connectivity index (χ0v) is 12.1. The van der Waals surface area contributed by atoms with Crippen LogP contribution in [0.1, 0.15) is 50.2 Å². The molecule has 1 aromatic rings. The SMILES string of the molecule is COc1cccc(Cl)c1C(O)/C1=C/CCCCCC1. The lowest BCUT2D eigenvalue weighted by Gasteiger charge is -2.20. The van der Waals surface area contributed by atoms with E-state index >= 15 is 0 Å². The van der Waals surface area contributed by atoms with Crippen molar-refractivity contribution >= 4 is 11.6 Å². The minimum Gasteiger partial charge on any atom is -0.496 e. The molecule has 1 aromatic carbocycles. The molecule has 0 aromatic heterocycles. The first-order valence-corrected chi connectivity index (χ1v) is 7.31. The van der Waals surface area contributed by atoms with Gasteiger partial charge in [-0.15, -0.1) is 0 Å². The van der Waals surface area contributed by atoms with Gasteiger partial charge in [0.1, 0.15) is 11.9 Å². The van der Waals surface area contributed by atoms with E-state index in [-0.39, 0.29) is 0 Å². The van der Waals surface area contributed by atoms with Crippen LogP contribution in [0, 0.1) is 0 Å². The molecule has 19 heavy (non-hydrogen) atoms. The molecule has 0 bridgehead atoms. The summed E-state index contributed by atoms with van der Waals surface area (Å²) in [5.41, 5.74) is 1.77. The molecule has 0 saturated carbocycles. The summed E-state index contributed by atoms with van der Waals surface area (Å²) in [5.74, 6) is 0.656. The first-order chi connectivity index (χ1) is 9.24. The molecule has 0 heterocycles. The summed E-state index contributed by atoms with van der Waals surface area (Å²) >= 11 is 6.23.